The van der Waals surface area contributed by atoms with Crippen LogP contribution in [0.1, 0.15) is 22.7 Å². The Bertz CT molecular complexity index is 671. The highest BCUT2D eigenvalue weighted by molar-refractivity contribution is 5.22. The van der Waals surface area contributed by atoms with Gasteiger partial charge in [0.15, 0.2) is 0 Å². The molecule has 0 saturated carbocycles. The average Bonchev–Trinajstić information content (AvgIpc) is 2.65. The van der Waals surface area contributed by atoms with Gasteiger partial charge < -0.3 is 5.11 Å². The molecule has 0 aliphatic rings. The molecule has 0 unspecified atom stereocenters. The van der Waals surface area contributed by atoms with Crippen LogP contribution in [0.25, 0.3) is 0 Å². The molecule has 0 amide bonds. The van der Waals surface area contributed by atoms with E-state index < -0.39 is 0 Å². The smallest absolute Gasteiger partial charge is 0.0628 e. The fraction of sp³-hybridized carbons (Fsp3) is 0.182. The lowest BCUT2D eigenvalue weighted by molar-refractivity contribution is 0.110. The summed E-state index contributed by atoms with van der Waals surface area (Å²) in [5, 5.41) is 10.1. The number of nitrogens with zero attached hydrogens (tertiary/aromatic N) is 1. The third kappa shape index (κ3) is 4.31. The Balaban J connectivity index is 1.88. The van der Waals surface area contributed by atoms with E-state index in [1.807, 2.05) is 30.3 Å². The van der Waals surface area contributed by atoms with Crippen LogP contribution in [0.4, 0.5) is 0 Å². The van der Waals surface area contributed by atoms with E-state index in [0.29, 0.717) is 0 Å². The summed E-state index contributed by atoms with van der Waals surface area (Å²) in [7, 11) is 0. The van der Waals surface area contributed by atoms with E-state index in [1.54, 1.807) is 0 Å². The number of benzene rings is 3. The van der Waals surface area contributed by atoms with E-state index in [1.165, 1.54) is 11.1 Å². The molecule has 1 atom stereocenters. The van der Waals surface area contributed by atoms with Gasteiger partial charge in [0.2, 0.25) is 0 Å². The first-order valence-electron chi connectivity index (χ1n) is 8.34. The zero-order valence-corrected chi connectivity index (χ0v) is 13.8. The SMILES string of the molecule is OC[C@@H](c1ccccc1)N(Cc1ccccc1)Cc1ccccc1. The molecule has 0 spiro atoms. The summed E-state index contributed by atoms with van der Waals surface area (Å²) in [6, 6.07) is 31.1. The maximum absolute atomic E-state index is 10.1. The molecule has 0 bridgehead atoms. The molecule has 2 heteroatoms. The number of aliphatic hydroxyl groups excluding tert-OH is 1. The van der Waals surface area contributed by atoms with Crippen molar-refractivity contribution in [3.05, 3.63) is 108 Å². The van der Waals surface area contributed by atoms with E-state index >= 15 is 0 Å². The highest BCUT2D eigenvalue weighted by atomic mass is 16.3. The van der Waals surface area contributed by atoms with E-state index in [4.69, 9.17) is 0 Å². The van der Waals surface area contributed by atoms with Gasteiger partial charge >= 0.3 is 0 Å². The van der Waals surface area contributed by atoms with Crippen molar-refractivity contribution in [1.82, 2.24) is 4.90 Å². The second-order valence-electron chi connectivity index (χ2n) is 5.99. The standard InChI is InChI=1S/C22H23NO/c24-18-22(21-14-8-3-9-15-21)23(16-19-10-4-1-5-11-19)17-20-12-6-2-7-13-20/h1-15,22,24H,16-18H2/t22-/m0/s1. The second kappa shape index (κ2) is 8.44. The van der Waals surface area contributed by atoms with Gasteiger partial charge in [0.05, 0.1) is 12.6 Å². The Kier molecular flexibility index (Phi) is 5.78. The Hall–Kier alpha value is -2.42. The molecule has 0 aliphatic carbocycles. The first-order chi connectivity index (χ1) is 11.9. The van der Waals surface area contributed by atoms with Gasteiger partial charge in [0.1, 0.15) is 0 Å². The summed E-state index contributed by atoms with van der Waals surface area (Å²) in [4.78, 5) is 2.33. The predicted octanol–water partition coefficient (Wildman–Crippen LogP) is 4.42. The molecule has 3 rings (SSSR count). The van der Waals surface area contributed by atoms with Crippen molar-refractivity contribution in [2.75, 3.05) is 6.61 Å². The van der Waals surface area contributed by atoms with E-state index in [9.17, 15) is 5.11 Å². The fourth-order valence-corrected chi connectivity index (χ4v) is 3.02. The monoisotopic (exact) mass is 317 g/mol. The number of hydrogen-bond donors (Lipinski definition) is 1. The van der Waals surface area contributed by atoms with Crippen molar-refractivity contribution in [2.45, 2.75) is 19.1 Å². The summed E-state index contributed by atoms with van der Waals surface area (Å²) >= 11 is 0. The first-order valence-corrected chi connectivity index (χ1v) is 8.34. The van der Waals surface area contributed by atoms with Crippen molar-refractivity contribution in [1.29, 1.82) is 0 Å². The lowest BCUT2D eigenvalue weighted by atomic mass is 10.0. The Morgan fingerprint density at radius 1 is 0.625 bits per heavy atom. The van der Waals surface area contributed by atoms with Gasteiger partial charge in [0, 0.05) is 13.1 Å². The summed E-state index contributed by atoms with van der Waals surface area (Å²) in [5.74, 6) is 0. The fourth-order valence-electron chi connectivity index (χ4n) is 3.02. The molecule has 3 aromatic rings. The first kappa shape index (κ1) is 16.4. The number of rotatable bonds is 7. The minimum atomic E-state index is -0.0217. The molecular formula is C22H23NO. The van der Waals surface area contributed by atoms with Crippen LogP contribution in [-0.4, -0.2) is 16.6 Å². The highest BCUT2D eigenvalue weighted by Crippen LogP contribution is 2.24. The van der Waals surface area contributed by atoms with Crippen molar-refractivity contribution < 1.29 is 5.11 Å². The van der Waals surface area contributed by atoms with Crippen molar-refractivity contribution in [2.24, 2.45) is 0 Å². The summed E-state index contributed by atoms with van der Waals surface area (Å²) in [5.41, 5.74) is 3.65. The molecule has 0 saturated heterocycles. The van der Waals surface area contributed by atoms with Crippen molar-refractivity contribution in [3.63, 3.8) is 0 Å². The van der Waals surface area contributed by atoms with E-state index in [0.717, 1.165) is 18.7 Å². The van der Waals surface area contributed by atoms with Crippen LogP contribution >= 0.6 is 0 Å². The van der Waals surface area contributed by atoms with Crippen LogP contribution in [0.2, 0.25) is 0 Å². The predicted molar refractivity (Wildman–Crippen MR) is 98.4 cm³/mol. The van der Waals surface area contributed by atoms with Crippen LogP contribution in [0.5, 0.6) is 0 Å². The molecule has 0 heterocycles. The van der Waals surface area contributed by atoms with Gasteiger partial charge in [-0.2, -0.15) is 0 Å². The molecule has 0 radical (unpaired) electrons. The van der Waals surface area contributed by atoms with Gasteiger partial charge in [-0.25, -0.2) is 0 Å². The third-order valence-corrected chi connectivity index (χ3v) is 4.26. The number of hydrogen-bond acceptors (Lipinski definition) is 2. The molecule has 122 valence electrons. The van der Waals surface area contributed by atoms with Crippen molar-refractivity contribution in [3.8, 4) is 0 Å². The normalized spacial score (nSPS) is 12.2. The topological polar surface area (TPSA) is 23.5 Å². The van der Waals surface area contributed by atoms with Gasteiger partial charge in [0.25, 0.3) is 0 Å². The highest BCUT2D eigenvalue weighted by Gasteiger charge is 2.20. The molecule has 24 heavy (non-hydrogen) atoms. The van der Waals surface area contributed by atoms with Crippen molar-refractivity contribution >= 4 is 0 Å². The lowest BCUT2D eigenvalue weighted by Crippen LogP contribution is -2.30. The van der Waals surface area contributed by atoms with Gasteiger partial charge in [-0.05, 0) is 16.7 Å². The molecule has 0 fully saturated rings. The lowest BCUT2D eigenvalue weighted by Gasteiger charge is -2.31. The van der Waals surface area contributed by atoms with Gasteiger partial charge in [-0.3, -0.25) is 4.90 Å². The zero-order valence-electron chi connectivity index (χ0n) is 13.8. The third-order valence-electron chi connectivity index (χ3n) is 4.26. The van der Waals surface area contributed by atoms with E-state index in [-0.39, 0.29) is 12.6 Å². The van der Waals surface area contributed by atoms with E-state index in [2.05, 4.69) is 65.6 Å². The maximum Gasteiger partial charge on any atom is 0.0628 e. The van der Waals surface area contributed by atoms with Gasteiger partial charge in [-0.15, -0.1) is 0 Å². The largest absolute Gasteiger partial charge is 0.394 e. The van der Waals surface area contributed by atoms with Crippen LogP contribution in [0.3, 0.4) is 0 Å². The minimum absolute atomic E-state index is 0.0217. The molecule has 0 aliphatic heterocycles. The molecule has 2 nitrogen and oxygen atoms in total. The minimum Gasteiger partial charge on any atom is -0.394 e. The zero-order chi connectivity index (χ0) is 16.6. The molecular weight excluding hydrogens is 294 g/mol. The molecule has 1 N–H and O–H groups in total. The summed E-state index contributed by atoms with van der Waals surface area (Å²) in [6.45, 7) is 1.70. The van der Waals surface area contributed by atoms with Crippen LogP contribution < -0.4 is 0 Å². The quantitative estimate of drug-likeness (QED) is 0.697. The average molecular weight is 317 g/mol. The summed E-state index contributed by atoms with van der Waals surface area (Å²) in [6.07, 6.45) is 0. The van der Waals surface area contributed by atoms with Crippen LogP contribution in [0, 0.1) is 0 Å². The molecule has 0 aromatic heterocycles. The summed E-state index contributed by atoms with van der Waals surface area (Å²) < 4.78 is 0. The molecule has 3 aromatic carbocycles. The Morgan fingerprint density at radius 2 is 1.04 bits per heavy atom. The maximum atomic E-state index is 10.1. The Morgan fingerprint density at radius 3 is 1.46 bits per heavy atom. The Labute approximate surface area is 144 Å². The number of aliphatic hydroxyl groups is 1. The van der Waals surface area contributed by atoms with Crippen LogP contribution in [-0.2, 0) is 13.1 Å². The van der Waals surface area contributed by atoms with Gasteiger partial charge in [-0.1, -0.05) is 91.0 Å². The van der Waals surface area contributed by atoms with Crippen LogP contribution in [0.15, 0.2) is 91.0 Å². The second-order valence-corrected chi connectivity index (χ2v) is 5.99.